The lowest BCUT2D eigenvalue weighted by Crippen LogP contribution is -2.48. The summed E-state index contributed by atoms with van der Waals surface area (Å²) in [5, 5.41) is 37.1. The van der Waals surface area contributed by atoms with Gasteiger partial charge >= 0.3 is 71.6 Å². The Morgan fingerprint density at radius 1 is 0.304 bits per heavy atom. The van der Waals surface area contributed by atoms with Crippen LogP contribution in [0.1, 0.15) is 12.8 Å². The number of hydrogen-bond donors (Lipinski definition) is 4. The van der Waals surface area contributed by atoms with Gasteiger partial charge in [0.25, 0.3) is 0 Å². The van der Waals surface area contributed by atoms with Gasteiger partial charge in [-0.25, -0.2) is 47.9 Å². The van der Waals surface area contributed by atoms with Gasteiger partial charge in [-0.05, 0) is 0 Å². The molecule has 0 fully saturated rings. The van der Waals surface area contributed by atoms with Gasteiger partial charge in [-0.3, -0.25) is 19.4 Å². The quantitative estimate of drug-likeness (QED) is 0.0254. The van der Waals surface area contributed by atoms with E-state index < -0.39 is 175 Å². The Morgan fingerprint density at radius 3 is 0.722 bits per heavy atom. The van der Waals surface area contributed by atoms with Gasteiger partial charge in [0.2, 0.25) is 0 Å². The van der Waals surface area contributed by atoms with Crippen molar-refractivity contribution < 1.29 is 140 Å². The lowest BCUT2D eigenvalue weighted by atomic mass is 9.90. The second-order valence-corrected chi connectivity index (χ2v) is 16.1. The fraction of sp³-hybridized carbons (Fsp3) is 0.583. The van der Waals surface area contributed by atoms with Gasteiger partial charge in [0, 0.05) is 63.6 Å². The Labute approximate surface area is 452 Å². The number of ether oxygens (including phenoxy) is 13. The highest BCUT2D eigenvalue weighted by Gasteiger charge is 2.41. The molecule has 0 rings (SSSR count). The predicted octanol–water partition coefficient (Wildman–Crippen LogP) is -4.41. The van der Waals surface area contributed by atoms with Gasteiger partial charge < -0.3 is 82.0 Å². The van der Waals surface area contributed by atoms with Crippen molar-refractivity contribution in [3.63, 3.8) is 0 Å². The molecule has 31 heteroatoms. The molecule has 79 heavy (non-hydrogen) atoms. The van der Waals surface area contributed by atoms with Crippen LogP contribution in [-0.2, 0) is 119 Å². The lowest BCUT2D eigenvalue weighted by molar-refractivity contribution is -0.183. The van der Waals surface area contributed by atoms with Gasteiger partial charge in [0.05, 0.1) is 63.3 Å². The van der Waals surface area contributed by atoms with Crippen LogP contribution < -0.4 is 0 Å². The van der Waals surface area contributed by atoms with Crippen molar-refractivity contribution in [1.29, 1.82) is 0 Å². The smallest absolute Gasteiger partial charge is 0.344 e. The molecule has 4 N–H and O–H groups in total. The van der Waals surface area contributed by atoms with E-state index in [4.69, 9.17) is 47.4 Å². The molecule has 0 unspecified atom stereocenters. The monoisotopic (exact) mass is 1140 g/mol. The SMILES string of the molecule is C=CC(=O)OCC(=O)OCC(COCC(COC(=O)COC(=O)C=C)(COC(=O)COC(=O)CCN(CCO)CCO)COC(=O)COC(=O)CCN(CCO)CCO)(COC(=O)COC(=O)C=C)COC(=O)COC(=O)C=C. The van der Waals surface area contributed by atoms with Gasteiger partial charge in [-0.2, -0.15) is 0 Å². The van der Waals surface area contributed by atoms with E-state index in [-0.39, 0.29) is 78.5 Å². The molecular weight excluding hydrogens is 1070 g/mol. The molecule has 0 saturated carbocycles. The first kappa shape index (κ1) is 71.3. The largest absolute Gasteiger partial charge is 0.462 e. The molecule has 0 aromatic heterocycles. The molecule has 0 saturated heterocycles. The van der Waals surface area contributed by atoms with Crippen LogP contribution in [0.25, 0.3) is 0 Å². The van der Waals surface area contributed by atoms with Crippen LogP contribution in [0.2, 0.25) is 0 Å². The summed E-state index contributed by atoms with van der Waals surface area (Å²) in [4.78, 5) is 153. The van der Waals surface area contributed by atoms with E-state index in [1.165, 1.54) is 9.80 Å². The van der Waals surface area contributed by atoms with Gasteiger partial charge in [0.1, 0.15) is 39.6 Å². The van der Waals surface area contributed by atoms with Crippen LogP contribution in [-0.4, -0.2) is 260 Å². The molecule has 0 spiro atoms. The molecule has 0 heterocycles. The molecule has 444 valence electrons. The van der Waals surface area contributed by atoms with E-state index in [2.05, 4.69) is 40.5 Å². The van der Waals surface area contributed by atoms with Crippen LogP contribution in [0.3, 0.4) is 0 Å². The number of hydrogen-bond acceptors (Lipinski definition) is 31. The fourth-order valence-electron chi connectivity index (χ4n) is 5.55. The van der Waals surface area contributed by atoms with E-state index in [1.54, 1.807) is 0 Å². The van der Waals surface area contributed by atoms with E-state index in [0.717, 1.165) is 24.3 Å². The third kappa shape index (κ3) is 35.4. The summed E-state index contributed by atoms with van der Waals surface area (Å²) in [6.07, 6.45) is 2.26. The van der Waals surface area contributed by atoms with Crippen molar-refractivity contribution in [2.45, 2.75) is 12.8 Å². The average molecular weight is 1140 g/mol. The molecule has 0 aliphatic rings. The minimum atomic E-state index is -2.13. The second-order valence-electron chi connectivity index (χ2n) is 16.1. The maximum absolute atomic E-state index is 13.2. The predicted molar refractivity (Wildman–Crippen MR) is 258 cm³/mol. The molecule has 0 atom stereocenters. The van der Waals surface area contributed by atoms with E-state index in [9.17, 15) is 78.0 Å². The molecule has 0 aromatic carbocycles. The Balaban J connectivity index is 7.34. The maximum atomic E-state index is 13.2. The molecular formula is C48H68N2O29. The first-order valence-electron chi connectivity index (χ1n) is 23.5. The lowest BCUT2D eigenvalue weighted by Gasteiger charge is -2.35. The minimum Gasteiger partial charge on any atom is -0.462 e. The van der Waals surface area contributed by atoms with Crippen LogP contribution in [0, 0.1) is 10.8 Å². The van der Waals surface area contributed by atoms with Crippen molar-refractivity contribution in [2.75, 3.05) is 158 Å². The number of esters is 12. The summed E-state index contributed by atoms with van der Waals surface area (Å²) in [5.41, 5.74) is -4.23. The fourth-order valence-corrected chi connectivity index (χ4v) is 5.55. The Bertz CT molecular complexity index is 1880. The van der Waals surface area contributed by atoms with Crippen molar-refractivity contribution in [1.82, 2.24) is 9.80 Å². The topological polar surface area (TPSA) is 412 Å². The molecule has 0 aliphatic carbocycles. The van der Waals surface area contributed by atoms with Crippen LogP contribution in [0.4, 0.5) is 0 Å². The summed E-state index contributed by atoms with van der Waals surface area (Å²) < 4.78 is 66.7. The second kappa shape index (κ2) is 42.4. The summed E-state index contributed by atoms with van der Waals surface area (Å²) >= 11 is 0. The zero-order valence-corrected chi connectivity index (χ0v) is 43.4. The molecule has 0 aromatic rings. The highest BCUT2D eigenvalue weighted by atomic mass is 16.6. The number of rotatable bonds is 46. The Hall–Kier alpha value is -7.68. The Kier molecular flexibility index (Phi) is 38.2. The van der Waals surface area contributed by atoms with Crippen molar-refractivity contribution in [3.8, 4) is 0 Å². The zero-order chi connectivity index (χ0) is 59.5. The van der Waals surface area contributed by atoms with Crippen LogP contribution in [0.15, 0.2) is 50.6 Å². The average Bonchev–Trinajstić information content (AvgIpc) is 3.44. The first-order chi connectivity index (χ1) is 37.7. The molecule has 0 amide bonds. The van der Waals surface area contributed by atoms with Crippen molar-refractivity contribution >= 4 is 71.6 Å². The van der Waals surface area contributed by atoms with E-state index in [0.29, 0.717) is 0 Å². The summed E-state index contributed by atoms with van der Waals surface area (Å²) in [6, 6.07) is 0. The number of carbonyl (C=O) groups is 12. The van der Waals surface area contributed by atoms with Gasteiger partial charge in [0.15, 0.2) is 39.6 Å². The minimum absolute atomic E-state index is 0.00284. The number of carbonyl (C=O) groups excluding carboxylic acids is 12. The zero-order valence-electron chi connectivity index (χ0n) is 43.4. The van der Waals surface area contributed by atoms with E-state index in [1.807, 2.05) is 0 Å². The van der Waals surface area contributed by atoms with Gasteiger partial charge in [-0.15, -0.1) is 0 Å². The van der Waals surface area contributed by atoms with Crippen molar-refractivity contribution in [3.05, 3.63) is 50.6 Å². The normalized spacial score (nSPS) is 10.9. The maximum Gasteiger partial charge on any atom is 0.344 e. The third-order valence-electron chi connectivity index (χ3n) is 9.68. The molecule has 31 nitrogen and oxygen atoms in total. The highest BCUT2D eigenvalue weighted by molar-refractivity contribution is 5.85. The van der Waals surface area contributed by atoms with Crippen LogP contribution in [0.5, 0.6) is 0 Å². The van der Waals surface area contributed by atoms with Gasteiger partial charge in [-0.1, -0.05) is 26.3 Å². The number of nitrogens with zero attached hydrogens (tertiary/aromatic N) is 2. The number of aliphatic hydroxyl groups excluding tert-OH is 4. The highest BCUT2D eigenvalue weighted by Crippen LogP contribution is 2.26. The van der Waals surface area contributed by atoms with E-state index >= 15 is 0 Å². The van der Waals surface area contributed by atoms with Crippen molar-refractivity contribution in [2.24, 2.45) is 10.8 Å². The summed E-state index contributed by atoms with van der Waals surface area (Å²) in [6.45, 7) is -1.90. The molecule has 0 bridgehead atoms. The molecule has 0 aliphatic heterocycles. The Morgan fingerprint density at radius 2 is 0.519 bits per heavy atom. The van der Waals surface area contributed by atoms with Crippen LogP contribution >= 0.6 is 0 Å². The standard InChI is InChI=1S/C48H68N2O29/c1-5-35(55)68-21-41(61)74-29-47(30-75-42(62)22-69-36(56)6-2,31-76-43(63)23-70-37(57)7-3)27-67-28-48(32-77-44(64)24-71-38(58)8-4,33-78-45(65)25-72-39(59)9-11-49(13-17-51)14-18-52)34-79-46(66)26-73-40(60)10-12-50(15-19-53)16-20-54/h5-8,51-54H,1-4,9-34H2. The summed E-state index contributed by atoms with van der Waals surface area (Å²) in [5.74, 6) is -13.6. The molecule has 0 radical (unpaired) electrons. The number of aliphatic hydroxyl groups is 4. The summed E-state index contributed by atoms with van der Waals surface area (Å²) in [7, 11) is 0. The first-order valence-corrected chi connectivity index (χ1v) is 23.5. The third-order valence-corrected chi connectivity index (χ3v) is 9.68.